The SMILES string of the molecule is COC(=O)C12CC3CC(CC(N)(C3)C1C(=O)[C@H](Cc1ccccc1)NC(=O)OCc1ccccc1)C2. The Balaban J connectivity index is 1.42. The van der Waals surface area contributed by atoms with Crippen LogP contribution in [0.2, 0.25) is 0 Å². The highest BCUT2D eigenvalue weighted by Gasteiger charge is 2.68. The zero-order valence-corrected chi connectivity index (χ0v) is 20.7. The van der Waals surface area contributed by atoms with Gasteiger partial charge in [-0.3, -0.25) is 9.59 Å². The van der Waals surface area contributed by atoms with Gasteiger partial charge in [0.15, 0.2) is 5.78 Å². The monoisotopic (exact) mass is 490 g/mol. The van der Waals surface area contributed by atoms with Crippen LogP contribution in [0.5, 0.6) is 0 Å². The Morgan fingerprint density at radius 3 is 2.11 bits per heavy atom. The minimum absolute atomic E-state index is 0.0959. The van der Waals surface area contributed by atoms with Gasteiger partial charge in [0.2, 0.25) is 0 Å². The largest absolute Gasteiger partial charge is 0.469 e. The molecule has 0 heterocycles. The van der Waals surface area contributed by atoms with Crippen LogP contribution in [-0.2, 0) is 32.1 Å². The lowest BCUT2D eigenvalue weighted by molar-refractivity contribution is -0.188. The van der Waals surface area contributed by atoms with Gasteiger partial charge < -0.3 is 20.5 Å². The van der Waals surface area contributed by atoms with Gasteiger partial charge in [-0.05, 0) is 61.5 Å². The van der Waals surface area contributed by atoms with E-state index in [1.54, 1.807) is 0 Å². The van der Waals surface area contributed by atoms with E-state index in [0.29, 0.717) is 24.7 Å². The number of amides is 1. The fourth-order valence-corrected chi connectivity index (χ4v) is 7.47. The molecule has 4 aliphatic rings. The molecular formula is C29H34N2O5. The summed E-state index contributed by atoms with van der Waals surface area (Å²) < 4.78 is 10.7. The van der Waals surface area contributed by atoms with E-state index in [2.05, 4.69) is 5.32 Å². The maximum atomic E-state index is 14.3. The van der Waals surface area contributed by atoms with Gasteiger partial charge in [-0.2, -0.15) is 0 Å². The molecule has 190 valence electrons. The van der Waals surface area contributed by atoms with Gasteiger partial charge in [-0.25, -0.2) is 4.79 Å². The predicted molar refractivity (Wildman–Crippen MR) is 134 cm³/mol. The highest BCUT2D eigenvalue weighted by atomic mass is 16.5. The topological polar surface area (TPSA) is 108 Å². The second-order valence-corrected chi connectivity index (χ2v) is 10.9. The lowest BCUT2D eigenvalue weighted by Crippen LogP contribution is -2.72. The molecule has 0 radical (unpaired) electrons. The minimum Gasteiger partial charge on any atom is -0.469 e. The molecule has 0 saturated heterocycles. The van der Waals surface area contributed by atoms with Gasteiger partial charge in [0.05, 0.1) is 24.5 Å². The third-order valence-electron chi connectivity index (χ3n) is 8.44. The van der Waals surface area contributed by atoms with Crippen LogP contribution in [0, 0.1) is 23.2 Å². The summed E-state index contributed by atoms with van der Waals surface area (Å²) in [7, 11) is 1.38. The van der Waals surface area contributed by atoms with Crippen LogP contribution < -0.4 is 11.1 Å². The van der Waals surface area contributed by atoms with E-state index in [9.17, 15) is 14.4 Å². The molecule has 0 aliphatic heterocycles. The highest BCUT2D eigenvalue weighted by Crippen LogP contribution is 2.64. The summed E-state index contributed by atoms with van der Waals surface area (Å²) in [5.41, 5.74) is 7.01. The van der Waals surface area contributed by atoms with E-state index >= 15 is 0 Å². The smallest absolute Gasteiger partial charge is 0.408 e. The number of carbonyl (C=O) groups is 3. The summed E-state index contributed by atoms with van der Waals surface area (Å²) in [6.07, 6.45) is 3.33. The number of benzene rings is 2. The Hall–Kier alpha value is -3.19. The number of hydrogen-bond acceptors (Lipinski definition) is 6. The molecule has 0 aromatic heterocycles. The van der Waals surface area contributed by atoms with Gasteiger partial charge in [0.25, 0.3) is 0 Å². The summed E-state index contributed by atoms with van der Waals surface area (Å²) in [5, 5.41) is 2.82. The molecule has 0 spiro atoms. The van der Waals surface area contributed by atoms with Gasteiger partial charge in [0, 0.05) is 5.54 Å². The lowest BCUT2D eigenvalue weighted by atomic mass is 9.41. The molecule has 4 bridgehead atoms. The van der Waals surface area contributed by atoms with Gasteiger partial charge in [-0.15, -0.1) is 0 Å². The van der Waals surface area contributed by atoms with E-state index in [0.717, 1.165) is 30.4 Å². The molecule has 36 heavy (non-hydrogen) atoms. The van der Waals surface area contributed by atoms with Crippen molar-refractivity contribution in [2.24, 2.45) is 28.9 Å². The van der Waals surface area contributed by atoms with Crippen LogP contribution in [0.1, 0.15) is 43.2 Å². The first-order valence-electron chi connectivity index (χ1n) is 12.8. The van der Waals surface area contributed by atoms with Crippen molar-refractivity contribution in [2.45, 2.75) is 56.7 Å². The van der Waals surface area contributed by atoms with Crippen LogP contribution in [0.15, 0.2) is 60.7 Å². The van der Waals surface area contributed by atoms with Crippen LogP contribution in [0.3, 0.4) is 0 Å². The van der Waals surface area contributed by atoms with Crippen molar-refractivity contribution < 1.29 is 23.9 Å². The minimum atomic E-state index is -0.935. The zero-order valence-electron chi connectivity index (χ0n) is 20.7. The van der Waals surface area contributed by atoms with E-state index in [1.165, 1.54) is 7.11 Å². The van der Waals surface area contributed by atoms with E-state index in [4.69, 9.17) is 15.2 Å². The Morgan fingerprint density at radius 1 is 0.944 bits per heavy atom. The number of nitrogens with two attached hydrogens (primary N) is 1. The number of alkyl carbamates (subject to hydrolysis) is 1. The first kappa shape index (κ1) is 24.5. The van der Waals surface area contributed by atoms with Crippen LogP contribution in [0.4, 0.5) is 4.79 Å². The number of nitrogens with one attached hydrogen (secondary N) is 1. The molecule has 4 atom stereocenters. The number of rotatable bonds is 8. The van der Waals surface area contributed by atoms with Crippen molar-refractivity contribution in [1.29, 1.82) is 0 Å². The molecule has 4 saturated carbocycles. The summed E-state index contributed by atoms with van der Waals surface area (Å²) in [5.74, 6) is -0.630. The summed E-state index contributed by atoms with van der Waals surface area (Å²) in [6.45, 7) is 0.0959. The van der Waals surface area contributed by atoms with Crippen LogP contribution >= 0.6 is 0 Å². The molecule has 3 N–H and O–H groups in total. The third-order valence-corrected chi connectivity index (χ3v) is 8.44. The number of hydrogen-bond donors (Lipinski definition) is 2. The normalized spacial score (nSPS) is 30.9. The van der Waals surface area contributed by atoms with Crippen molar-refractivity contribution in [3.63, 3.8) is 0 Å². The summed E-state index contributed by atoms with van der Waals surface area (Å²) in [6, 6.07) is 18.0. The Labute approximate surface area is 211 Å². The predicted octanol–water partition coefficient (Wildman–Crippen LogP) is 3.79. The maximum absolute atomic E-state index is 14.3. The fourth-order valence-electron chi connectivity index (χ4n) is 7.47. The highest BCUT2D eigenvalue weighted by molar-refractivity contribution is 5.96. The third kappa shape index (κ3) is 4.52. The molecule has 2 aromatic carbocycles. The van der Waals surface area contributed by atoms with E-state index in [-0.39, 0.29) is 24.8 Å². The molecule has 7 heteroatoms. The average Bonchev–Trinajstić information content (AvgIpc) is 2.86. The standard InChI is InChI=1S/C29H34N2O5/c1-35-26(33)28-14-21-12-22(15-28)17-29(30,16-21)25(28)24(32)23(13-19-8-4-2-5-9-19)31-27(34)36-18-20-10-6-3-7-11-20/h2-11,21-23,25H,12-18,30H2,1H3,(H,31,34)/t21?,22?,23-,25?,28?,29?/m0/s1. The average molecular weight is 491 g/mol. The summed E-state index contributed by atoms with van der Waals surface area (Å²) >= 11 is 0. The Morgan fingerprint density at radius 2 is 1.53 bits per heavy atom. The Bertz CT molecular complexity index is 1100. The van der Waals surface area contributed by atoms with Crippen molar-refractivity contribution in [1.82, 2.24) is 5.32 Å². The molecular weight excluding hydrogens is 456 g/mol. The van der Waals surface area contributed by atoms with E-state index in [1.807, 2.05) is 60.7 Å². The Kier molecular flexibility index (Phi) is 6.60. The maximum Gasteiger partial charge on any atom is 0.408 e. The van der Waals surface area contributed by atoms with Gasteiger partial charge in [0.1, 0.15) is 6.61 Å². The molecule has 6 rings (SSSR count). The fraction of sp³-hybridized carbons (Fsp3) is 0.483. The quantitative estimate of drug-likeness (QED) is 0.545. The molecule has 1 amide bonds. The van der Waals surface area contributed by atoms with Crippen molar-refractivity contribution in [3.05, 3.63) is 71.8 Å². The number of ketones is 1. The second kappa shape index (κ2) is 9.69. The molecule has 4 fully saturated rings. The molecule has 4 aliphatic carbocycles. The number of Topliss-reactive ketones (excluding diaryl/α,β-unsaturated/α-hetero) is 1. The summed E-state index contributed by atoms with van der Waals surface area (Å²) in [4.78, 5) is 40.4. The number of methoxy groups -OCH3 is 1. The molecule has 7 nitrogen and oxygen atoms in total. The van der Waals surface area contributed by atoms with Crippen LogP contribution in [-0.4, -0.2) is 36.5 Å². The molecule has 3 unspecified atom stereocenters. The lowest BCUT2D eigenvalue weighted by Gasteiger charge is -2.63. The first-order chi connectivity index (χ1) is 17.3. The van der Waals surface area contributed by atoms with Crippen molar-refractivity contribution >= 4 is 17.8 Å². The molecule has 2 aromatic rings. The van der Waals surface area contributed by atoms with Crippen LogP contribution in [0.25, 0.3) is 0 Å². The zero-order chi connectivity index (χ0) is 25.3. The first-order valence-corrected chi connectivity index (χ1v) is 12.8. The number of carbonyl (C=O) groups excluding carboxylic acids is 3. The van der Waals surface area contributed by atoms with Gasteiger partial charge >= 0.3 is 12.1 Å². The number of esters is 1. The van der Waals surface area contributed by atoms with E-state index < -0.39 is 29.0 Å². The second-order valence-electron chi connectivity index (χ2n) is 10.9. The van der Waals surface area contributed by atoms with Gasteiger partial charge in [-0.1, -0.05) is 60.7 Å². The number of ether oxygens (including phenoxy) is 2. The van der Waals surface area contributed by atoms with Crippen molar-refractivity contribution in [2.75, 3.05) is 7.11 Å². The van der Waals surface area contributed by atoms with Crippen molar-refractivity contribution in [3.8, 4) is 0 Å².